The van der Waals surface area contributed by atoms with Gasteiger partial charge in [0.15, 0.2) is 6.10 Å². The molecule has 0 aliphatic heterocycles. The summed E-state index contributed by atoms with van der Waals surface area (Å²) in [5.74, 6) is -2.05. The Labute approximate surface area is 460 Å². The highest BCUT2D eigenvalue weighted by atomic mass is 16.7. The summed E-state index contributed by atoms with van der Waals surface area (Å²) in [5, 5.41) is 9.69. The van der Waals surface area contributed by atoms with Crippen LogP contribution in [0.3, 0.4) is 0 Å². The maximum atomic E-state index is 12.9. The van der Waals surface area contributed by atoms with E-state index in [1.54, 1.807) is 0 Å². The highest BCUT2D eigenvalue weighted by Crippen LogP contribution is 2.16. The maximum Gasteiger partial charge on any atom is 0.361 e. The van der Waals surface area contributed by atoms with Crippen LogP contribution in [0.15, 0.2) is 109 Å². The van der Waals surface area contributed by atoms with Crippen molar-refractivity contribution < 1.29 is 42.9 Å². The molecular weight excluding hydrogens is 935 g/mol. The molecule has 0 aliphatic rings. The Morgan fingerprint density at radius 2 is 0.720 bits per heavy atom. The molecule has 0 saturated heterocycles. The predicted octanol–water partition coefficient (Wildman–Crippen LogP) is 17.9. The van der Waals surface area contributed by atoms with Crippen molar-refractivity contribution in [2.75, 3.05) is 47.5 Å². The van der Waals surface area contributed by atoms with E-state index in [-0.39, 0.29) is 38.6 Å². The first kappa shape index (κ1) is 71.0. The Kier molecular flexibility index (Phi) is 53.1. The zero-order chi connectivity index (χ0) is 54.8. The molecule has 0 rings (SSSR count). The summed E-state index contributed by atoms with van der Waals surface area (Å²) in [6, 6.07) is 0. The van der Waals surface area contributed by atoms with Crippen LogP contribution in [-0.4, -0.2) is 87.4 Å². The third kappa shape index (κ3) is 57.5. The summed E-state index contributed by atoms with van der Waals surface area (Å²) in [6.07, 6.45) is 74.8. The number of likely N-dealkylation sites (N-methyl/N-ethyl adjacent to an activating group) is 1. The number of rotatable bonds is 54. The Bertz CT molecular complexity index is 1590. The number of hydrogen-bond donors (Lipinski definition) is 1. The van der Waals surface area contributed by atoms with Crippen molar-refractivity contribution in [3.63, 3.8) is 0 Å². The molecule has 9 heteroatoms. The molecule has 9 nitrogen and oxygen atoms in total. The smallest absolute Gasteiger partial charge is 0.361 e. The van der Waals surface area contributed by atoms with E-state index < -0.39 is 24.3 Å². The van der Waals surface area contributed by atoms with Crippen molar-refractivity contribution >= 4 is 17.9 Å². The van der Waals surface area contributed by atoms with Gasteiger partial charge < -0.3 is 28.5 Å². The SMILES string of the molecule is CC/C=C\C/C=C\C/C=C\C/C=C\C/C=C\C/C=C\CCCCCCCCCCCCCCCCCCCCC(=O)OC(COC(=O)CCCCC/C=C\C/C=C\C/C=C\CC)COC(OCC[N+](C)(C)C)C(=O)O. The van der Waals surface area contributed by atoms with Gasteiger partial charge in [0.2, 0.25) is 0 Å². The minimum atomic E-state index is -1.52. The minimum absolute atomic E-state index is 0.179. The number of quaternary nitrogens is 1. The second kappa shape index (κ2) is 56.2. The molecule has 0 amide bonds. The lowest BCUT2D eigenvalue weighted by atomic mass is 10.0. The number of carboxylic acid groups (broad SMARTS) is 1. The van der Waals surface area contributed by atoms with Crippen LogP contribution in [0, 0.1) is 0 Å². The average Bonchev–Trinajstić information content (AvgIpc) is 3.38. The Hall–Kier alpha value is -4.05. The lowest BCUT2D eigenvalue weighted by molar-refractivity contribution is -0.870. The van der Waals surface area contributed by atoms with Gasteiger partial charge in [-0.2, -0.15) is 0 Å². The second-order valence-corrected chi connectivity index (χ2v) is 20.9. The quantitative estimate of drug-likeness (QED) is 0.0211. The van der Waals surface area contributed by atoms with E-state index in [1.165, 1.54) is 103 Å². The summed E-state index contributed by atoms with van der Waals surface area (Å²) < 4.78 is 22.8. The molecule has 0 heterocycles. The number of nitrogens with zero attached hydrogens (tertiary/aromatic N) is 1. The number of ether oxygens (including phenoxy) is 4. The van der Waals surface area contributed by atoms with Crippen LogP contribution in [0.2, 0.25) is 0 Å². The molecule has 0 aliphatic carbocycles. The van der Waals surface area contributed by atoms with Crippen LogP contribution in [0.4, 0.5) is 0 Å². The number of aliphatic carboxylic acids is 1. The van der Waals surface area contributed by atoms with Gasteiger partial charge in [0.1, 0.15) is 13.2 Å². The Morgan fingerprint density at radius 1 is 0.400 bits per heavy atom. The summed E-state index contributed by atoms with van der Waals surface area (Å²) >= 11 is 0. The van der Waals surface area contributed by atoms with E-state index in [0.29, 0.717) is 23.9 Å². The van der Waals surface area contributed by atoms with Gasteiger partial charge in [-0.15, -0.1) is 0 Å². The second-order valence-electron chi connectivity index (χ2n) is 20.9. The zero-order valence-electron chi connectivity index (χ0n) is 48.7. The van der Waals surface area contributed by atoms with Crippen molar-refractivity contribution in [2.45, 2.75) is 245 Å². The normalized spacial score (nSPS) is 13.6. The Balaban J connectivity index is 4.06. The van der Waals surface area contributed by atoms with Crippen LogP contribution < -0.4 is 0 Å². The van der Waals surface area contributed by atoms with Gasteiger partial charge in [-0.3, -0.25) is 9.59 Å². The van der Waals surface area contributed by atoms with E-state index in [1.807, 2.05) is 21.1 Å². The minimum Gasteiger partial charge on any atom is -0.477 e. The fourth-order valence-corrected chi connectivity index (χ4v) is 7.97. The molecular formula is C66H112NO8+. The predicted molar refractivity (Wildman–Crippen MR) is 318 cm³/mol. The van der Waals surface area contributed by atoms with Crippen molar-refractivity contribution in [1.29, 1.82) is 0 Å². The first-order valence-corrected chi connectivity index (χ1v) is 30.1. The molecule has 2 unspecified atom stereocenters. The van der Waals surface area contributed by atoms with Crippen LogP contribution in [0.5, 0.6) is 0 Å². The van der Waals surface area contributed by atoms with E-state index in [2.05, 4.69) is 123 Å². The van der Waals surface area contributed by atoms with Gasteiger partial charge in [0.05, 0.1) is 34.4 Å². The summed E-state index contributed by atoms with van der Waals surface area (Å²) in [4.78, 5) is 37.3. The number of unbranched alkanes of at least 4 members (excludes halogenated alkanes) is 21. The first-order chi connectivity index (χ1) is 36.6. The summed E-state index contributed by atoms with van der Waals surface area (Å²) in [6.45, 7) is 4.61. The molecule has 0 spiro atoms. The monoisotopic (exact) mass is 1050 g/mol. The standard InChI is InChI=1S/C66H111NO8/c1-6-8-10-12-14-16-18-20-21-22-23-24-25-26-27-28-29-30-31-32-33-34-35-36-37-38-39-40-41-42-43-45-47-49-51-53-55-57-64(69)75-62(61-74-66(65(70)71)72-59-58-67(3,4)5)60-73-63(68)56-54-52-50-48-46-44-19-17-15-13-11-9-7-2/h8-11,14-17,20-21,23-24,26-27,29-30,44,46,62,66H,6-7,12-13,18-19,22,25,28,31-43,45,47-61H2,1-5H3/p+1/b10-8-,11-9-,16-14-,17-15-,21-20-,24-23-,27-26-,30-29-,46-44-. The number of carboxylic acids is 1. The van der Waals surface area contributed by atoms with Gasteiger partial charge in [-0.25, -0.2) is 4.79 Å². The fraction of sp³-hybridized carbons (Fsp3) is 0.682. The fourth-order valence-electron chi connectivity index (χ4n) is 7.97. The first-order valence-electron chi connectivity index (χ1n) is 30.1. The average molecular weight is 1050 g/mol. The molecule has 0 fully saturated rings. The van der Waals surface area contributed by atoms with Crippen molar-refractivity contribution in [1.82, 2.24) is 0 Å². The third-order valence-electron chi connectivity index (χ3n) is 12.5. The third-order valence-corrected chi connectivity index (χ3v) is 12.5. The molecule has 0 radical (unpaired) electrons. The number of carbonyl (C=O) groups is 3. The molecule has 1 N–H and O–H groups in total. The number of hydrogen-bond acceptors (Lipinski definition) is 7. The molecule has 75 heavy (non-hydrogen) atoms. The van der Waals surface area contributed by atoms with Crippen LogP contribution in [-0.2, 0) is 33.3 Å². The van der Waals surface area contributed by atoms with Crippen LogP contribution in [0.1, 0.15) is 232 Å². The highest BCUT2D eigenvalue weighted by Gasteiger charge is 2.25. The highest BCUT2D eigenvalue weighted by molar-refractivity contribution is 5.71. The van der Waals surface area contributed by atoms with E-state index in [4.69, 9.17) is 18.9 Å². The molecule has 0 saturated carbocycles. The van der Waals surface area contributed by atoms with Gasteiger partial charge in [-0.1, -0.05) is 232 Å². The van der Waals surface area contributed by atoms with Gasteiger partial charge in [0.25, 0.3) is 6.29 Å². The molecule has 0 aromatic rings. The molecule has 0 aromatic heterocycles. The number of esters is 2. The van der Waals surface area contributed by atoms with E-state index in [0.717, 1.165) is 89.9 Å². The number of allylic oxidation sites excluding steroid dienone is 18. The van der Waals surface area contributed by atoms with Gasteiger partial charge >= 0.3 is 17.9 Å². The lowest BCUT2D eigenvalue weighted by Crippen LogP contribution is -2.40. The molecule has 2 atom stereocenters. The number of carbonyl (C=O) groups excluding carboxylic acids is 2. The maximum absolute atomic E-state index is 12.9. The van der Waals surface area contributed by atoms with E-state index in [9.17, 15) is 19.5 Å². The van der Waals surface area contributed by atoms with Gasteiger partial charge in [0, 0.05) is 12.8 Å². The van der Waals surface area contributed by atoms with Crippen LogP contribution in [0.25, 0.3) is 0 Å². The van der Waals surface area contributed by atoms with E-state index >= 15 is 0 Å². The molecule has 428 valence electrons. The summed E-state index contributed by atoms with van der Waals surface area (Å²) in [5.41, 5.74) is 0. The van der Waals surface area contributed by atoms with Crippen molar-refractivity contribution in [3.05, 3.63) is 109 Å². The zero-order valence-corrected chi connectivity index (χ0v) is 48.7. The topological polar surface area (TPSA) is 108 Å². The van der Waals surface area contributed by atoms with Crippen molar-refractivity contribution in [2.24, 2.45) is 0 Å². The van der Waals surface area contributed by atoms with Gasteiger partial charge in [-0.05, 0) is 96.3 Å². The molecule has 0 bridgehead atoms. The summed E-state index contributed by atoms with van der Waals surface area (Å²) in [7, 11) is 5.95. The van der Waals surface area contributed by atoms with Crippen LogP contribution >= 0.6 is 0 Å². The van der Waals surface area contributed by atoms with Crippen molar-refractivity contribution in [3.8, 4) is 0 Å². The molecule has 0 aromatic carbocycles. The lowest BCUT2D eigenvalue weighted by Gasteiger charge is -2.25. The Morgan fingerprint density at radius 3 is 1.08 bits per heavy atom. The largest absolute Gasteiger partial charge is 0.477 e.